The SMILES string of the molecule is Cc1nc(-c2cc(C#N)c3[nH]c(-c4cnccn4)cc3c2)sc1C(=O)O. The van der Waals surface area contributed by atoms with Gasteiger partial charge in [0.2, 0.25) is 0 Å². The van der Waals surface area contributed by atoms with Gasteiger partial charge in [-0.05, 0) is 25.1 Å². The van der Waals surface area contributed by atoms with Crippen LogP contribution in [0.15, 0.2) is 36.8 Å². The number of carboxylic acid groups (broad SMARTS) is 1. The molecule has 0 amide bonds. The number of hydrogen-bond donors (Lipinski definition) is 2. The second-order valence-electron chi connectivity index (χ2n) is 5.61. The molecule has 4 aromatic rings. The van der Waals surface area contributed by atoms with Gasteiger partial charge in [-0.1, -0.05) is 0 Å². The normalized spacial score (nSPS) is 10.8. The highest BCUT2D eigenvalue weighted by Gasteiger charge is 2.17. The fourth-order valence-electron chi connectivity index (χ4n) is 2.75. The molecule has 3 heterocycles. The molecule has 3 aromatic heterocycles. The van der Waals surface area contributed by atoms with Gasteiger partial charge in [0.05, 0.1) is 28.7 Å². The van der Waals surface area contributed by atoms with E-state index in [9.17, 15) is 15.2 Å². The predicted octanol–water partition coefficient (Wildman–Crippen LogP) is 3.63. The second kappa shape index (κ2) is 6.06. The number of aromatic carboxylic acids is 1. The van der Waals surface area contributed by atoms with Crippen LogP contribution in [0, 0.1) is 18.3 Å². The molecular formula is C18H11N5O2S. The lowest BCUT2D eigenvalue weighted by Gasteiger charge is -1.99. The largest absolute Gasteiger partial charge is 0.477 e. The number of benzene rings is 1. The minimum Gasteiger partial charge on any atom is -0.477 e. The van der Waals surface area contributed by atoms with Crippen molar-refractivity contribution in [1.82, 2.24) is 19.9 Å². The standard InChI is InChI=1S/C18H11N5O2S/c1-9-16(18(24)25)26-17(22-9)11-4-10-6-13(14-8-20-2-3-21-14)23-15(10)12(5-11)7-19/h2-6,8,23H,1H3,(H,24,25). The Morgan fingerprint density at radius 2 is 2.15 bits per heavy atom. The number of thiazole rings is 1. The van der Waals surface area contributed by atoms with Crippen molar-refractivity contribution in [3.8, 4) is 28.0 Å². The zero-order valence-electron chi connectivity index (χ0n) is 13.5. The third-order valence-corrected chi connectivity index (χ3v) is 5.12. The number of nitrogens with one attached hydrogen (secondary N) is 1. The summed E-state index contributed by atoms with van der Waals surface area (Å²) in [4.78, 5) is 27.3. The topological polar surface area (TPSA) is 116 Å². The number of H-pyrrole nitrogens is 1. The lowest BCUT2D eigenvalue weighted by Crippen LogP contribution is -1.94. The van der Waals surface area contributed by atoms with Crippen molar-refractivity contribution in [1.29, 1.82) is 5.26 Å². The number of aromatic amines is 1. The van der Waals surface area contributed by atoms with E-state index in [1.54, 1.807) is 31.6 Å². The van der Waals surface area contributed by atoms with Crippen molar-refractivity contribution in [2.45, 2.75) is 6.92 Å². The van der Waals surface area contributed by atoms with Gasteiger partial charge in [-0.15, -0.1) is 11.3 Å². The molecule has 0 atom stereocenters. The van der Waals surface area contributed by atoms with Gasteiger partial charge in [0, 0.05) is 23.3 Å². The average molecular weight is 361 g/mol. The Balaban J connectivity index is 1.89. The van der Waals surface area contributed by atoms with Crippen molar-refractivity contribution in [3.63, 3.8) is 0 Å². The van der Waals surface area contributed by atoms with E-state index in [0.29, 0.717) is 33.0 Å². The van der Waals surface area contributed by atoms with Crippen molar-refractivity contribution in [2.75, 3.05) is 0 Å². The Morgan fingerprint density at radius 3 is 2.81 bits per heavy atom. The van der Waals surface area contributed by atoms with Gasteiger partial charge in [0.1, 0.15) is 21.6 Å². The van der Waals surface area contributed by atoms with Crippen molar-refractivity contribution in [3.05, 3.63) is 52.9 Å². The fraction of sp³-hybridized carbons (Fsp3) is 0.0556. The molecule has 26 heavy (non-hydrogen) atoms. The van der Waals surface area contributed by atoms with Gasteiger partial charge < -0.3 is 10.1 Å². The van der Waals surface area contributed by atoms with Gasteiger partial charge in [-0.25, -0.2) is 9.78 Å². The van der Waals surface area contributed by atoms with Crippen LogP contribution >= 0.6 is 11.3 Å². The first-order chi connectivity index (χ1) is 12.6. The first kappa shape index (κ1) is 15.9. The number of nitrogens with zero attached hydrogens (tertiary/aromatic N) is 4. The summed E-state index contributed by atoms with van der Waals surface area (Å²) >= 11 is 1.10. The molecule has 0 radical (unpaired) electrons. The van der Waals surface area contributed by atoms with E-state index in [4.69, 9.17) is 0 Å². The van der Waals surface area contributed by atoms with Gasteiger partial charge >= 0.3 is 5.97 Å². The van der Waals surface area contributed by atoms with Gasteiger partial charge in [0.25, 0.3) is 0 Å². The number of aryl methyl sites for hydroxylation is 1. The lowest BCUT2D eigenvalue weighted by atomic mass is 10.1. The summed E-state index contributed by atoms with van der Waals surface area (Å²) in [5.41, 5.74) is 3.75. The summed E-state index contributed by atoms with van der Waals surface area (Å²) in [6.45, 7) is 1.66. The molecule has 0 bridgehead atoms. The Kier molecular flexibility index (Phi) is 3.71. The van der Waals surface area contributed by atoms with E-state index in [-0.39, 0.29) is 4.88 Å². The molecule has 1 aromatic carbocycles. The van der Waals surface area contributed by atoms with Crippen LogP contribution in [-0.2, 0) is 0 Å². The smallest absolute Gasteiger partial charge is 0.347 e. The second-order valence-corrected chi connectivity index (χ2v) is 6.61. The van der Waals surface area contributed by atoms with E-state index in [0.717, 1.165) is 22.4 Å². The maximum Gasteiger partial charge on any atom is 0.347 e. The first-order valence-corrected chi connectivity index (χ1v) is 8.43. The highest BCUT2D eigenvalue weighted by Crippen LogP contribution is 2.33. The van der Waals surface area contributed by atoms with Crippen LogP contribution in [0.1, 0.15) is 20.9 Å². The molecule has 7 nitrogen and oxygen atoms in total. The van der Waals surface area contributed by atoms with Crippen LogP contribution in [0.3, 0.4) is 0 Å². The maximum absolute atomic E-state index is 11.3. The van der Waals surface area contributed by atoms with Crippen LogP contribution < -0.4 is 0 Å². The van der Waals surface area contributed by atoms with E-state index < -0.39 is 5.97 Å². The van der Waals surface area contributed by atoms with Crippen LogP contribution in [0.2, 0.25) is 0 Å². The summed E-state index contributed by atoms with van der Waals surface area (Å²) in [7, 11) is 0. The number of fused-ring (bicyclic) bond motifs is 1. The van der Waals surface area contributed by atoms with E-state index in [1.807, 2.05) is 12.1 Å². The summed E-state index contributed by atoms with van der Waals surface area (Å²) in [6, 6.07) is 7.67. The molecule has 0 fully saturated rings. The number of carboxylic acids is 1. The fourth-order valence-corrected chi connectivity index (χ4v) is 3.64. The van der Waals surface area contributed by atoms with Crippen molar-refractivity contribution >= 4 is 28.2 Å². The summed E-state index contributed by atoms with van der Waals surface area (Å²) in [5.74, 6) is -1.00. The third kappa shape index (κ3) is 2.60. The molecule has 0 saturated heterocycles. The molecule has 8 heteroatoms. The molecule has 126 valence electrons. The molecule has 0 spiro atoms. The number of aromatic nitrogens is 4. The van der Waals surface area contributed by atoms with Gasteiger partial charge in [-0.2, -0.15) is 5.26 Å². The molecule has 0 aliphatic carbocycles. The zero-order chi connectivity index (χ0) is 18.3. The number of nitriles is 1. The number of hydrogen-bond acceptors (Lipinski definition) is 6. The van der Waals surface area contributed by atoms with Crippen molar-refractivity contribution < 1.29 is 9.90 Å². The highest BCUT2D eigenvalue weighted by molar-refractivity contribution is 7.17. The summed E-state index contributed by atoms with van der Waals surface area (Å²) in [5, 5.41) is 20.1. The first-order valence-electron chi connectivity index (χ1n) is 7.61. The molecule has 0 saturated carbocycles. The Labute approximate surface area is 151 Å². The Bertz CT molecular complexity index is 1190. The quantitative estimate of drug-likeness (QED) is 0.576. The van der Waals surface area contributed by atoms with E-state index >= 15 is 0 Å². The third-order valence-electron chi connectivity index (χ3n) is 3.93. The molecule has 0 aliphatic heterocycles. The zero-order valence-corrected chi connectivity index (χ0v) is 14.3. The van der Waals surface area contributed by atoms with Crippen LogP contribution in [-0.4, -0.2) is 31.0 Å². The monoisotopic (exact) mass is 361 g/mol. The number of rotatable bonds is 3. The molecule has 2 N–H and O–H groups in total. The Hall–Kier alpha value is -3.57. The molecular weight excluding hydrogens is 350 g/mol. The summed E-state index contributed by atoms with van der Waals surface area (Å²) < 4.78 is 0. The van der Waals surface area contributed by atoms with E-state index in [1.165, 1.54) is 0 Å². The lowest BCUT2D eigenvalue weighted by molar-refractivity contribution is 0.0701. The van der Waals surface area contributed by atoms with Gasteiger partial charge in [-0.3, -0.25) is 9.97 Å². The van der Waals surface area contributed by atoms with Crippen LogP contribution in [0.4, 0.5) is 0 Å². The minimum atomic E-state index is -1.00. The predicted molar refractivity (Wildman–Crippen MR) is 96.8 cm³/mol. The highest BCUT2D eigenvalue weighted by atomic mass is 32.1. The van der Waals surface area contributed by atoms with Gasteiger partial charge in [0.15, 0.2) is 0 Å². The van der Waals surface area contributed by atoms with Crippen LogP contribution in [0.25, 0.3) is 32.9 Å². The van der Waals surface area contributed by atoms with Crippen LogP contribution in [0.5, 0.6) is 0 Å². The minimum absolute atomic E-state index is 0.202. The van der Waals surface area contributed by atoms with E-state index in [2.05, 4.69) is 26.0 Å². The molecule has 0 aliphatic rings. The molecule has 0 unspecified atom stereocenters. The Morgan fingerprint density at radius 1 is 1.31 bits per heavy atom. The molecule has 4 rings (SSSR count). The van der Waals surface area contributed by atoms with Crippen molar-refractivity contribution in [2.24, 2.45) is 0 Å². The maximum atomic E-state index is 11.3. The summed E-state index contributed by atoms with van der Waals surface area (Å²) in [6.07, 6.45) is 4.83. The number of carbonyl (C=O) groups is 1. The average Bonchev–Trinajstić information content (AvgIpc) is 3.25.